The molecule has 0 N–H and O–H groups in total. The summed E-state index contributed by atoms with van der Waals surface area (Å²) >= 11 is 1.58. The highest BCUT2D eigenvalue weighted by Crippen LogP contribution is 2.40. The number of piperazine rings is 1. The number of anilines is 1. The molecular weight excluding hydrogens is 528 g/mol. The number of fused-ring (bicyclic) bond motifs is 1. The van der Waals surface area contributed by atoms with Crippen LogP contribution >= 0.6 is 11.3 Å². The number of methoxy groups -OCH3 is 2. The molecule has 0 spiro atoms. The van der Waals surface area contributed by atoms with E-state index in [2.05, 4.69) is 4.90 Å². The van der Waals surface area contributed by atoms with Gasteiger partial charge in [0.2, 0.25) is 10.0 Å². The van der Waals surface area contributed by atoms with Crippen LogP contribution in [0.1, 0.15) is 24.2 Å². The predicted octanol–water partition coefficient (Wildman–Crippen LogP) is 3.07. The van der Waals surface area contributed by atoms with Gasteiger partial charge in [-0.3, -0.25) is 4.79 Å². The molecule has 12 heteroatoms. The fourth-order valence-corrected chi connectivity index (χ4v) is 7.57. The maximum atomic E-state index is 13.2. The quantitative estimate of drug-likeness (QED) is 0.454. The van der Waals surface area contributed by atoms with E-state index in [0.717, 1.165) is 15.3 Å². The minimum absolute atomic E-state index is 0.113. The Morgan fingerprint density at radius 2 is 1.63 bits per heavy atom. The second-order valence-corrected chi connectivity index (χ2v) is 12.5. The van der Waals surface area contributed by atoms with Gasteiger partial charge < -0.3 is 24.0 Å². The third kappa shape index (κ3) is 5.05. The van der Waals surface area contributed by atoms with E-state index < -0.39 is 10.0 Å². The van der Waals surface area contributed by atoms with Crippen molar-refractivity contribution in [3.05, 3.63) is 42.0 Å². The zero-order valence-corrected chi connectivity index (χ0v) is 23.5. The highest BCUT2D eigenvalue weighted by atomic mass is 32.2. The highest BCUT2D eigenvalue weighted by molar-refractivity contribution is 7.89. The number of amides is 1. The van der Waals surface area contributed by atoms with E-state index in [1.807, 2.05) is 26.0 Å². The van der Waals surface area contributed by atoms with Crippen molar-refractivity contribution in [1.29, 1.82) is 0 Å². The molecule has 3 heterocycles. The van der Waals surface area contributed by atoms with Crippen molar-refractivity contribution in [2.24, 2.45) is 0 Å². The lowest BCUT2D eigenvalue weighted by Crippen LogP contribution is -2.48. The van der Waals surface area contributed by atoms with E-state index in [1.165, 1.54) is 16.4 Å². The number of morpholine rings is 1. The predicted molar refractivity (Wildman–Crippen MR) is 146 cm³/mol. The first-order valence-corrected chi connectivity index (χ1v) is 14.8. The Bertz CT molecular complexity index is 1410. The number of rotatable bonds is 6. The van der Waals surface area contributed by atoms with E-state index in [-0.39, 0.29) is 23.0 Å². The van der Waals surface area contributed by atoms with Crippen LogP contribution in [0.3, 0.4) is 0 Å². The third-order valence-corrected chi connectivity index (χ3v) is 9.78. The Kier molecular flexibility index (Phi) is 7.49. The lowest BCUT2D eigenvalue weighted by molar-refractivity contribution is -0.0440. The van der Waals surface area contributed by atoms with Crippen LogP contribution < -0.4 is 14.4 Å². The number of carbonyl (C=O) groups excluding carboxylic acids is 1. The summed E-state index contributed by atoms with van der Waals surface area (Å²) in [4.78, 5) is 22.1. The zero-order valence-electron chi connectivity index (χ0n) is 21.9. The molecule has 0 saturated carbocycles. The molecule has 38 heavy (non-hydrogen) atoms. The minimum atomic E-state index is -3.65. The summed E-state index contributed by atoms with van der Waals surface area (Å²) in [6.07, 6.45) is -0.332. The normalized spacial score (nSPS) is 21.1. The summed E-state index contributed by atoms with van der Waals surface area (Å²) in [5.74, 6) is 1.14. The summed E-state index contributed by atoms with van der Waals surface area (Å²) in [5, 5.41) is 0.875. The maximum Gasteiger partial charge on any atom is 0.253 e. The average molecular weight is 561 g/mol. The smallest absolute Gasteiger partial charge is 0.253 e. The van der Waals surface area contributed by atoms with Crippen LogP contribution in [0.5, 0.6) is 11.5 Å². The zero-order chi connectivity index (χ0) is 27.0. The number of hydrogen-bond acceptors (Lipinski definition) is 9. The molecule has 5 rings (SSSR count). The van der Waals surface area contributed by atoms with Gasteiger partial charge in [0.05, 0.1) is 36.0 Å². The summed E-state index contributed by atoms with van der Waals surface area (Å²) in [6.45, 7) is 6.72. The Balaban J connectivity index is 1.24. The van der Waals surface area contributed by atoms with Gasteiger partial charge in [-0.2, -0.15) is 4.31 Å². The summed E-state index contributed by atoms with van der Waals surface area (Å²) in [7, 11) is -0.450. The lowest BCUT2D eigenvalue weighted by Gasteiger charge is -2.35. The van der Waals surface area contributed by atoms with Crippen molar-refractivity contribution in [2.45, 2.75) is 31.0 Å². The molecule has 3 aromatic rings. The monoisotopic (exact) mass is 560 g/mol. The number of carbonyl (C=O) groups is 1. The standard InChI is InChI=1S/C26H32N4O6S2/c1-17-15-30(16-18(2)36-17)38(32,33)20-7-5-19(6-8-20)25(31)28-11-13-29(14-12-28)26-27-23-22(37-26)10-9-21(34-3)24(23)35-4/h5-10,17-18H,11-16H2,1-4H3. The highest BCUT2D eigenvalue weighted by Gasteiger charge is 2.32. The first kappa shape index (κ1) is 26.7. The lowest BCUT2D eigenvalue weighted by atomic mass is 10.2. The van der Waals surface area contributed by atoms with E-state index in [1.54, 1.807) is 42.6 Å². The largest absolute Gasteiger partial charge is 0.493 e. The summed E-state index contributed by atoms with van der Waals surface area (Å²) < 4.78 is 45.3. The molecule has 2 atom stereocenters. The first-order chi connectivity index (χ1) is 18.2. The van der Waals surface area contributed by atoms with Gasteiger partial charge in [0.25, 0.3) is 5.91 Å². The first-order valence-electron chi connectivity index (χ1n) is 12.5. The number of hydrogen-bond donors (Lipinski definition) is 0. The number of sulfonamides is 1. The van der Waals surface area contributed by atoms with Crippen molar-refractivity contribution in [1.82, 2.24) is 14.2 Å². The molecule has 0 radical (unpaired) electrons. The molecule has 1 amide bonds. The topological polar surface area (TPSA) is 102 Å². The van der Waals surface area contributed by atoms with E-state index in [0.29, 0.717) is 56.3 Å². The Labute approximate surface area is 226 Å². The van der Waals surface area contributed by atoms with Gasteiger partial charge in [0, 0.05) is 44.8 Å². The van der Waals surface area contributed by atoms with Crippen molar-refractivity contribution in [2.75, 3.05) is 58.4 Å². The van der Waals surface area contributed by atoms with E-state index in [9.17, 15) is 13.2 Å². The van der Waals surface area contributed by atoms with Crippen LogP contribution in [0.4, 0.5) is 5.13 Å². The average Bonchev–Trinajstić information content (AvgIpc) is 3.36. The molecule has 0 bridgehead atoms. The van der Waals surface area contributed by atoms with Gasteiger partial charge in [-0.05, 0) is 50.2 Å². The van der Waals surface area contributed by atoms with Crippen LogP contribution in [-0.2, 0) is 14.8 Å². The van der Waals surface area contributed by atoms with E-state index >= 15 is 0 Å². The van der Waals surface area contributed by atoms with Crippen molar-refractivity contribution in [3.63, 3.8) is 0 Å². The van der Waals surface area contributed by atoms with Gasteiger partial charge in [0.1, 0.15) is 5.52 Å². The SMILES string of the molecule is COc1ccc2sc(N3CCN(C(=O)c4ccc(S(=O)(=O)N5CC(C)OC(C)C5)cc4)CC3)nc2c1OC. The van der Waals surface area contributed by atoms with E-state index in [4.69, 9.17) is 19.2 Å². The summed E-state index contributed by atoms with van der Waals surface area (Å²) in [5.41, 5.74) is 1.24. The molecule has 0 aliphatic carbocycles. The molecular formula is C26H32N4O6S2. The van der Waals surface area contributed by atoms with Crippen LogP contribution in [0.15, 0.2) is 41.3 Å². The Hall–Kier alpha value is -2.93. The molecule has 1 aromatic heterocycles. The molecule has 2 aliphatic heterocycles. The van der Waals surface area contributed by atoms with Crippen molar-refractivity contribution >= 4 is 42.6 Å². The van der Waals surface area contributed by atoms with Gasteiger partial charge in [-0.1, -0.05) is 11.3 Å². The van der Waals surface area contributed by atoms with Crippen LogP contribution in [0.25, 0.3) is 10.2 Å². The number of nitrogens with zero attached hydrogens (tertiary/aromatic N) is 4. The van der Waals surface area contributed by atoms with Gasteiger partial charge in [0.15, 0.2) is 16.6 Å². The van der Waals surface area contributed by atoms with Gasteiger partial charge in [-0.25, -0.2) is 13.4 Å². The molecule has 2 aliphatic rings. The maximum absolute atomic E-state index is 13.2. The molecule has 2 aromatic carbocycles. The molecule has 2 saturated heterocycles. The van der Waals surface area contributed by atoms with Crippen molar-refractivity contribution in [3.8, 4) is 11.5 Å². The van der Waals surface area contributed by atoms with Gasteiger partial charge >= 0.3 is 0 Å². The summed E-state index contributed by atoms with van der Waals surface area (Å²) in [6, 6.07) is 10.1. The minimum Gasteiger partial charge on any atom is -0.493 e. The molecule has 2 fully saturated rings. The molecule has 204 valence electrons. The number of ether oxygens (including phenoxy) is 3. The number of thiazole rings is 1. The van der Waals surface area contributed by atoms with Crippen molar-refractivity contribution < 1.29 is 27.4 Å². The van der Waals surface area contributed by atoms with Crippen LogP contribution in [0.2, 0.25) is 0 Å². The second kappa shape index (κ2) is 10.7. The third-order valence-electron chi connectivity index (χ3n) is 6.85. The Morgan fingerprint density at radius 1 is 0.974 bits per heavy atom. The van der Waals surface area contributed by atoms with Crippen LogP contribution in [0, 0.1) is 0 Å². The molecule has 10 nitrogen and oxygen atoms in total. The fourth-order valence-electron chi connectivity index (χ4n) is 4.96. The van der Waals surface area contributed by atoms with Crippen LogP contribution in [-0.4, -0.2) is 94.2 Å². The number of aromatic nitrogens is 1. The Morgan fingerprint density at radius 3 is 2.24 bits per heavy atom. The van der Waals surface area contributed by atoms with Gasteiger partial charge in [-0.15, -0.1) is 0 Å². The fraction of sp³-hybridized carbons (Fsp3) is 0.462. The molecule has 2 unspecified atom stereocenters. The number of benzene rings is 2. The second-order valence-electron chi connectivity index (χ2n) is 9.53.